The summed E-state index contributed by atoms with van der Waals surface area (Å²) in [5, 5.41) is 12.9. The molecule has 1 aromatic heterocycles. The normalized spacial score (nSPS) is 18.8. The van der Waals surface area contributed by atoms with Gasteiger partial charge in [-0.2, -0.15) is 5.26 Å². The molecule has 1 aromatic rings. The Morgan fingerprint density at radius 2 is 1.89 bits per heavy atom. The molecule has 0 aliphatic heterocycles. The lowest BCUT2D eigenvalue weighted by Gasteiger charge is -2.20. The lowest BCUT2D eigenvalue weighted by molar-refractivity contribution is 0.567. The molecule has 0 atom stereocenters. The van der Waals surface area contributed by atoms with E-state index in [4.69, 9.17) is 0 Å². The minimum Gasteiger partial charge on any atom is -0.381 e. The highest BCUT2D eigenvalue weighted by Gasteiger charge is 2.41. The Kier molecular flexibility index (Phi) is 2.74. The smallest absolute Gasteiger partial charge is 0.103 e. The second kappa shape index (κ2) is 4.28. The van der Waals surface area contributed by atoms with E-state index in [1.54, 1.807) is 0 Å². The highest BCUT2D eigenvalue weighted by molar-refractivity contribution is 5.60. The third-order valence-corrected chi connectivity index (χ3v) is 4.02. The first-order valence-electron chi connectivity index (χ1n) is 6.84. The first kappa shape index (κ1) is 11.5. The van der Waals surface area contributed by atoms with E-state index in [2.05, 4.69) is 16.4 Å². The summed E-state index contributed by atoms with van der Waals surface area (Å²) in [6.07, 6.45) is 5.39. The zero-order chi connectivity index (χ0) is 12.7. The molecule has 0 aromatic carbocycles. The summed E-state index contributed by atoms with van der Waals surface area (Å²) in [6, 6.07) is 4.89. The summed E-state index contributed by atoms with van der Waals surface area (Å²) in [5.41, 5.74) is 3.53. The van der Waals surface area contributed by atoms with Crippen molar-refractivity contribution in [2.75, 3.05) is 5.32 Å². The quantitative estimate of drug-likeness (QED) is 0.880. The van der Waals surface area contributed by atoms with Gasteiger partial charge in [0.2, 0.25) is 0 Å². The van der Waals surface area contributed by atoms with Gasteiger partial charge in [-0.3, -0.25) is 4.98 Å². The molecule has 0 bridgehead atoms. The number of nitriles is 1. The number of nitrogens with one attached hydrogen (secondary N) is 1. The summed E-state index contributed by atoms with van der Waals surface area (Å²) in [5.74, 6) is 1.66. The van der Waals surface area contributed by atoms with Crippen molar-refractivity contribution in [2.24, 2.45) is 11.8 Å². The Morgan fingerprint density at radius 3 is 2.39 bits per heavy atom. The molecule has 3 heteroatoms. The van der Waals surface area contributed by atoms with Crippen LogP contribution in [0.15, 0.2) is 6.07 Å². The minimum absolute atomic E-state index is 0.582. The maximum atomic E-state index is 9.28. The third kappa shape index (κ3) is 2.20. The average Bonchev–Trinajstić information content (AvgIpc) is 3.17. The average molecular weight is 241 g/mol. The Labute approximate surface area is 108 Å². The fraction of sp³-hybridized carbons (Fsp3) is 0.600. The van der Waals surface area contributed by atoms with E-state index >= 15 is 0 Å². The molecule has 94 valence electrons. The van der Waals surface area contributed by atoms with Gasteiger partial charge >= 0.3 is 0 Å². The summed E-state index contributed by atoms with van der Waals surface area (Å²) in [7, 11) is 0. The Hall–Kier alpha value is -1.56. The summed E-state index contributed by atoms with van der Waals surface area (Å²) >= 11 is 0. The summed E-state index contributed by atoms with van der Waals surface area (Å²) in [6.45, 7) is 3.91. The zero-order valence-electron chi connectivity index (χ0n) is 11.0. The van der Waals surface area contributed by atoms with Gasteiger partial charge in [-0.1, -0.05) is 0 Å². The first-order valence-corrected chi connectivity index (χ1v) is 6.84. The summed E-state index contributed by atoms with van der Waals surface area (Å²) < 4.78 is 0. The van der Waals surface area contributed by atoms with E-state index in [1.165, 1.54) is 25.7 Å². The standard InChI is InChI=1S/C15H19N3/c1-9-7-14(13(8-16)10(2)17-9)18-15(11-3-4-11)12-5-6-12/h7,11-12,15H,3-6H2,1-2H3,(H,17,18). The molecule has 2 aliphatic rings. The van der Waals surface area contributed by atoms with Gasteiger partial charge in [0, 0.05) is 11.7 Å². The molecule has 0 amide bonds. The number of rotatable bonds is 4. The van der Waals surface area contributed by atoms with Crippen LogP contribution in [0.25, 0.3) is 0 Å². The molecule has 2 fully saturated rings. The van der Waals surface area contributed by atoms with Gasteiger partial charge in [0.25, 0.3) is 0 Å². The van der Waals surface area contributed by atoms with E-state index in [1.807, 2.05) is 19.9 Å². The third-order valence-electron chi connectivity index (χ3n) is 4.02. The molecule has 3 rings (SSSR count). The van der Waals surface area contributed by atoms with E-state index in [0.29, 0.717) is 11.6 Å². The van der Waals surface area contributed by atoms with Gasteiger partial charge in [0.05, 0.1) is 16.9 Å². The molecule has 2 aliphatic carbocycles. The molecule has 0 spiro atoms. The maximum Gasteiger partial charge on any atom is 0.103 e. The van der Waals surface area contributed by atoms with Crippen LogP contribution < -0.4 is 5.32 Å². The molecule has 0 radical (unpaired) electrons. The molecule has 2 saturated carbocycles. The van der Waals surface area contributed by atoms with Crippen LogP contribution in [-0.2, 0) is 0 Å². The molecular weight excluding hydrogens is 222 g/mol. The SMILES string of the molecule is Cc1cc(NC(C2CC2)C2CC2)c(C#N)c(C)n1. The van der Waals surface area contributed by atoms with Gasteiger partial charge in [-0.15, -0.1) is 0 Å². The van der Waals surface area contributed by atoms with E-state index in [0.717, 1.165) is 28.9 Å². The van der Waals surface area contributed by atoms with E-state index in [-0.39, 0.29) is 0 Å². The Bertz CT molecular complexity index is 495. The van der Waals surface area contributed by atoms with Gasteiger partial charge in [-0.25, -0.2) is 0 Å². The molecular formula is C15H19N3. The molecule has 18 heavy (non-hydrogen) atoms. The highest BCUT2D eigenvalue weighted by atomic mass is 15.0. The van der Waals surface area contributed by atoms with Crippen LogP contribution in [0.1, 0.15) is 42.6 Å². The first-order chi connectivity index (χ1) is 8.69. The van der Waals surface area contributed by atoms with Crippen molar-refractivity contribution in [3.63, 3.8) is 0 Å². The molecule has 0 saturated heterocycles. The van der Waals surface area contributed by atoms with Crippen molar-refractivity contribution in [3.05, 3.63) is 23.0 Å². The Morgan fingerprint density at radius 1 is 1.28 bits per heavy atom. The van der Waals surface area contributed by atoms with Crippen LogP contribution in [0.2, 0.25) is 0 Å². The van der Waals surface area contributed by atoms with Gasteiger partial charge in [0.1, 0.15) is 6.07 Å². The van der Waals surface area contributed by atoms with Crippen LogP contribution in [0.3, 0.4) is 0 Å². The van der Waals surface area contributed by atoms with Crippen molar-refractivity contribution >= 4 is 5.69 Å². The zero-order valence-corrected chi connectivity index (χ0v) is 11.0. The predicted molar refractivity (Wildman–Crippen MR) is 71.3 cm³/mol. The largest absolute Gasteiger partial charge is 0.381 e. The lowest BCUT2D eigenvalue weighted by Crippen LogP contribution is -2.25. The molecule has 3 nitrogen and oxygen atoms in total. The monoisotopic (exact) mass is 241 g/mol. The number of nitrogens with zero attached hydrogens (tertiary/aromatic N) is 2. The molecule has 1 heterocycles. The van der Waals surface area contributed by atoms with Crippen molar-refractivity contribution in [1.29, 1.82) is 5.26 Å². The van der Waals surface area contributed by atoms with Gasteiger partial charge in [-0.05, 0) is 57.4 Å². The number of pyridine rings is 1. The second-order valence-electron chi connectivity index (χ2n) is 5.73. The van der Waals surface area contributed by atoms with Crippen LogP contribution in [0.5, 0.6) is 0 Å². The van der Waals surface area contributed by atoms with E-state index < -0.39 is 0 Å². The molecule has 0 unspecified atom stereocenters. The summed E-state index contributed by atoms with van der Waals surface area (Å²) in [4.78, 5) is 4.37. The number of hydrogen-bond acceptors (Lipinski definition) is 3. The number of aromatic nitrogens is 1. The fourth-order valence-electron chi connectivity index (χ4n) is 2.79. The van der Waals surface area contributed by atoms with Crippen molar-refractivity contribution in [2.45, 2.75) is 45.6 Å². The van der Waals surface area contributed by atoms with Crippen molar-refractivity contribution in [1.82, 2.24) is 4.98 Å². The van der Waals surface area contributed by atoms with E-state index in [9.17, 15) is 5.26 Å². The van der Waals surface area contributed by atoms with Crippen molar-refractivity contribution in [3.8, 4) is 6.07 Å². The van der Waals surface area contributed by atoms with Crippen LogP contribution in [0, 0.1) is 37.0 Å². The van der Waals surface area contributed by atoms with Crippen LogP contribution in [-0.4, -0.2) is 11.0 Å². The van der Waals surface area contributed by atoms with Crippen LogP contribution in [0.4, 0.5) is 5.69 Å². The van der Waals surface area contributed by atoms with Crippen LogP contribution >= 0.6 is 0 Å². The number of anilines is 1. The fourth-order valence-corrected chi connectivity index (χ4v) is 2.79. The number of aryl methyl sites for hydroxylation is 2. The predicted octanol–water partition coefficient (Wildman–Crippen LogP) is 3.17. The topological polar surface area (TPSA) is 48.7 Å². The second-order valence-corrected chi connectivity index (χ2v) is 5.73. The lowest BCUT2D eigenvalue weighted by atomic mass is 10.1. The van der Waals surface area contributed by atoms with Gasteiger partial charge < -0.3 is 5.32 Å². The molecule has 1 N–H and O–H groups in total. The maximum absolute atomic E-state index is 9.28. The van der Waals surface area contributed by atoms with Gasteiger partial charge in [0.15, 0.2) is 0 Å². The minimum atomic E-state index is 0.582. The highest BCUT2D eigenvalue weighted by Crippen LogP contribution is 2.46. The number of hydrogen-bond donors (Lipinski definition) is 1. The Balaban J connectivity index is 1.88. The van der Waals surface area contributed by atoms with Crippen molar-refractivity contribution < 1.29 is 0 Å².